The highest BCUT2D eigenvalue weighted by molar-refractivity contribution is 6.12. The van der Waals surface area contributed by atoms with Gasteiger partial charge in [-0.3, -0.25) is 0 Å². The smallest absolute Gasteiger partial charge is 0.363 e. The zero-order valence-corrected chi connectivity index (χ0v) is 13.4. The van der Waals surface area contributed by atoms with Crippen LogP contribution in [0, 0.1) is 11.6 Å². The van der Waals surface area contributed by atoms with Crippen LogP contribution in [0.2, 0.25) is 0 Å². The van der Waals surface area contributed by atoms with E-state index in [-0.39, 0.29) is 17.2 Å². The molecule has 1 aliphatic heterocycles. The van der Waals surface area contributed by atoms with Crippen molar-refractivity contribution in [3.05, 3.63) is 64.9 Å². The van der Waals surface area contributed by atoms with Gasteiger partial charge in [0.1, 0.15) is 11.6 Å². The van der Waals surface area contributed by atoms with Gasteiger partial charge in [-0.25, -0.2) is 18.6 Å². The van der Waals surface area contributed by atoms with E-state index >= 15 is 0 Å². The summed E-state index contributed by atoms with van der Waals surface area (Å²) in [6.07, 6.45) is 1.47. The predicted molar refractivity (Wildman–Crippen MR) is 86.5 cm³/mol. The Balaban J connectivity index is 1.96. The molecule has 0 fully saturated rings. The number of carbonyl (C=O) groups is 1. The summed E-state index contributed by atoms with van der Waals surface area (Å²) < 4.78 is 42.1. The lowest BCUT2D eigenvalue weighted by Gasteiger charge is -2.07. The molecule has 0 unspecified atom stereocenters. The molecule has 0 aromatic heterocycles. The van der Waals surface area contributed by atoms with Crippen LogP contribution >= 0.6 is 0 Å². The maximum atomic E-state index is 13.8. The summed E-state index contributed by atoms with van der Waals surface area (Å²) in [6, 6.07) is 7.96. The number of nitrogens with zero attached hydrogens (tertiary/aromatic N) is 1. The molecule has 0 amide bonds. The van der Waals surface area contributed by atoms with Gasteiger partial charge in [0, 0.05) is 6.07 Å². The summed E-state index contributed by atoms with van der Waals surface area (Å²) in [6.45, 7) is 0. The normalized spacial score (nSPS) is 15.1. The minimum Gasteiger partial charge on any atom is -0.493 e. The standard InChI is InChI=1S/C18H13F2NO4/c1-23-15-6-3-10(8-16(15)24-2)7-14-18(22)25-17(21-14)12-5-4-11(19)9-13(12)20/h3-9H,1-2H3/b14-7-. The number of benzene rings is 2. The van der Waals surface area contributed by atoms with E-state index < -0.39 is 17.6 Å². The Kier molecular flexibility index (Phi) is 4.47. The molecule has 0 radical (unpaired) electrons. The van der Waals surface area contributed by atoms with Crippen molar-refractivity contribution in [3.8, 4) is 11.5 Å². The Morgan fingerprint density at radius 3 is 2.48 bits per heavy atom. The minimum absolute atomic E-state index is 0.00838. The van der Waals surface area contributed by atoms with Crippen molar-refractivity contribution in [2.45, 2.75) is 0 Å². The number of carbonyl (C=O) groups excluding carboxylic acids is 1. The van der Waals surface area contributed by atoms with Gasteiger partial charge < -0.3 is 14.2 Å². The summed E-state index contributed by atoms with van der Waals surface area (Å²) in [5.74, 6) is -1.51. The number of hydrogen-bond donors (Lipinski definition) is 0. The van der Waals surface area contributed by atoms with Crippen LogP contribution in [0.3, 0.4) is 0 Å². The zero-order chi connectivity index (χ0) is 18.0. The largest absolute Gasteiger partial charge is 0.493 e. The Labute approximate surface area is 142 Å². The van der Waals surface area contributed by atoms with Crippen molar-refractivity contribution in [1.82, 2.24) is 0 Å². The molecule has 0 saturated carbocycles. The lowest BCUT2D eigenvalue weighted by atomic mass is 10.1. The van der Waals surface area contributed by atoms with Crippen LogP contribution < -0.4 is 9.47 Å². The molecule has 0 N–H and O–H groups in total. The van der Waals surface area contributed by atoms with E-state index in [1.165, 1.54) is 20.3 Å². The Morgan fingerprint density at radius 2 is 1.80 bits per heavy atom. The first kappa shape index (κ1) is 16.6. The minimum atomic E-state index is -0.862. The van der Waals surface area contributed by atoms with Gasteiger partial charge in [0.25, 0.3) is 0 Å². The van der Waals surface area contributed by atoms with Gasteiger partial charge in [-0.05, 0) is 35.9 Å². The molecule has 2 aromatic carbocycles. The zero-order valence-electron chi connectivity index (χ0n) is 13.4. The van der Waals surface area contributed by atoms with E-state index in [0.29, 0.717) is 23.1 Å². The second-order valence-corrected chi connectivity index (χ2v) is 5.07. The molecule has 7 heteroatoms. The van der Waals surface area contributed by atoms with Crippen LogP contribution in [0.1, 0.15) is 11.1 Å². The maximum absolute atomic E-state index is 13.8. The first-order valence-electron chi connectivity index (χ1n) is 7.22. The molecular weight excluding hydrogens is 332 g/mol. The number of halogens is 2. The predicted octanol–water partition coefficient (Wildman–Crippen LogP) is 3.33. The monoisotopic (exact) mass is 345 g/mol. The molecule has 3 rings (SSSR count). The molecule has 0 spiro atoms. The third-order valence-electron chi connectivity index (χ3n) is 3.49. The molecule has 1 heterocycles. The van der Waals surface area contributed by atoms with Crippen molar-refractivity contribution < 1.29 is 27.8 Å². The van der Waals surface area contributed by atoms with E-state index in [4.69, 9.17) is 14.2 Å². The van der Waals surface area contributed by atoms with Gasteiger partial charge in [-0.15, -0.1) is 0 Å². The van der Waals surface area contributed by atoms with E-state index in [1.54, 1.807) is 18.2 Å². The molecule has 0 saturated heterocycles. The number of rotatable bonds is 4. The highest BCUT2D eigenvalue weighted by Crippen LogP contribution is 2.29. The molecule has 0 atom stereocenters. The van der Waals surface area contributed by atoms with E-state index in [1.807, 2.05) is 0 Å². The SMILES string of the molecule is COc1ccc(/C=C2\N=C(c3ccc(F)cc3F)OC2=O)cc1OC. The Morgan fingerprint density at radius 1 is 1.04 bits per heavy atom. The van der Waals surface area contributed by atoms with Crippen LogP contribution in [0.15, 0.2) is 47.1 Å². The fourth-order valence-electron chi connectivity index (χ4n) is 2.29. The quantitative estimate of drug-likeness (QED) is 0.630. The van der Waals surface area contributed by atoms with E-state index in [0.717, 1.165) is 12.1 Å². The molecule has 0 bridgehead atoms. The maximum Gasteiger partial charge on any atom is 0.363 e. The molecule has 1 aliphatic rings. The topological polar surface area (TPSA) is 57.1 Å². The number of ether oxygens (including phenoxy) is 3. The Hall–Kier alpha value is -3.22. The second kappa shape index (κ2) is 6.72. The van der Waals surface area contributed by atoms with Crippen LogP contribution in [0.25, 0.3) is 6.08 Å². The molecule has 0 aliphatic carbocycles. The number of cyclic esters (lactones) is 1. The van der Waals surface area contributed by atoms with Gasteiger partial charge in [-0.1, -0.05) is 6.07 Å². The summed E-state index contributed by atoms with van der Waals surface area (Å²) in [4.78, 5) is 16.0. The summed E-state index contributed by atoms with van der Waals surface area (Å²) in [5, 5.41) is 0. The van der Waals surface area contributed by atoms with E-state index in [2.05, 4.69) is 4.99 Å². The van der Waals surface area contributed by atoms with Gasteiger partial charge >= 0.3 is 5.97 Å². The summed E-state index contributed by atoms with van der Waals surface area (Å²) in [7, 11) is 3.00. The number of esters is 1. The fourth-order valence-corrected chi connectivity index (χ4v) is 2.29. The van der Waals surface area contributed by atoms with Gasteiger partial charge in [0.15, 0.2) is 17.2 Å². The van der Waals surface area contributed by atoms with Crippen LogP contribution in [0.5, 0.6) is 11.5 Å². The van der Waals surface area contributed by atoms with Crippen molar-refractivity contribution in [2.75, 3.05) is 14.2 Å². The van der Waals surface area contributed by atoms with Crippen LogP contribution in [0.4, 0.5) is 8.78 Å². The first-order valence-corrected chi connectivity index (χ1v) is 7.22. The van der Waals surface area contributed by atoms with Crippen molar-refractivity contribution in [2.24, 2.45) is 4.99 Å². The Bertz CT molecular complexity index is 906. The van der Waals surface area contributed by atoms with Crippen molar-refractivity contribution in [3.63, 3.8) is 0 Å². The van der Waals surface area contributed by atoms with Gasteiger partial charge in [-0.2, -0.15) is 0 Å². The van der Waals surface area contributed by atoms with E-state index in [9.17, 15) is 13.6 Å². The van der Waals surface area contributed by atoms with Crippen molar-refractivity contribution >= 4 is 17.9 Å². The average molecular weight is 345 g/mol. The fraction of sp³-hybridized carbons (Fsp3) is 0.111. The number of methoxy groups -OCH3 is 2. The summed E-state index contributed by atoms with van der Waals surface area (Å²) >= 11 is 0. The average Bonchev–Trinajstić information content (AvgIpc) is 2.95. The van der Waals surface area contributed by atoms with Crippen molar-refractivity contribution in [1.29, 1.82) is 0 Å². The first-order chi connectivity index (χ1) is 12.0. The van der Waals surface area contributed by atoms with Gasteiger partial charge in [0.2, 0.25) is 5.90 Å². The van der Waals surface area contributed by atoms with Crippen LogP contribution in [-0.4, -0.2) is 26.1 Å². The van der Waals surface area contributed by atoms with Gasteiger partial charge in [0.05, 0.1) is 19.8 Å². The third-order valence-corrected chi connectivity index (χ3v) is 3.49. The second-order valence-electron chi connectivity index (χ2n) is 5.07. The van der Waals surface area contributed by atoms with Crippen LogP contribution in [-0.2, 0) is 9.53 Å². The highest BCUT2D eigenvalue weighted by atomic mass is 19.1. The number of aliphatic imine (C=N–C) groups is 1. The molecule has 25 heavy (non-hydrogen) atoms. The summed E-state index contributed by atoms with van der Waals surface area (Å²) in [5.41, 5.74) is 0.519. The highest BCUT2D eigenvalue weighted by Gasteiger charge is 2.26. The lowest BCUT2D eigenvalue weighted by molar-refractivity contribution is -0.129. The third kappa shape index (κ3) is 3.35. The molecule has 5 nitrogen and oxygen atoms in total. The lowest BCUT2D eigenvalue weighted by Crippen LogP contribution is -2.07. The molecular formula is C18H13F2NO4. The molecule has 2 aromatic rings. The number of hydrogen-bond acceptors (Lipinski definition) is 5. The molecule has 128 valence electrons.